The molecule has 1 atom stereocenters. The summed E-state index contributed by atoms with van der Waals surface area (Å²) in [6.07, 6.45) is 8.79. The van der Waals surface area contributed by atoms with Crippen molar-refractivity contribution in [3.8, 4) is 12.3 Å². The smallest absolute Gasteiger partial charge is 0.225 e. The van der Waals surface area contributed by atoms with Gasteiger partial charge in [0.1, 0.15) is 6.10 Å². The van der Waals surface area contributed by atoms with E-state index < -0.39 is 0 Å². The van der Waals surface area contributed by atoms with Crippen molar-refractivity contribution in [2.75, 3.05) is 24.6 Å². The maximum absolute atomic E-state index is 5.37. The third-order valence-corrected chi connectivity index (χ3v) is 2.30. The van der Waals surface area contributed by atoms with Crippen LogP contribution in [0.4, 0.5) is 5.95 Å². The Balaban J connectivity index is 2.10. The highest BCUT2D eigenvalue weighted by molar-refractivity contribution is 5.31. The summed E-state index contributed by atoms with van der Waals surface area (Å²) >= 11 is 0. The van der Waals surface area contributed by atoms with Crippen molar-refractivity contribution < 1.29 is 4.74 Å². The Hall–Kier alpha value is -1.60. The van der Waals surface area contributed by atoms with Crippen molar-refractivity contribution in [3.63, 3.8) is 0 Å². The fourth-order valence-corrected chi connectivity index (χ4v) is 1.48. The van der Waals surface area contributed by atoms with Crippen molar-refractivity contribution in [1.82, 2.24) is 9.97 Å². The molecular formula is C11H13N3O. The molecule has 1 aliphatic rings. The molecule has 0 aliphatic carbocycles. The molecule has 1 saturated heterocycles. The first-order valence-corrected chi connectivity index (χ1v) is 4.91. The SMILES string of the molecule is C#C[C@H]1CN(c2ncc(C)cn2)CCO1. The molecule has 2 rings (SSSR count). The average molecular weight is 203 g/mol. The minimum Gasteiger partial charge on any atom is -0.362 e. The van der Waals surface area contributed by atoms with Crippen LogP contribution in [-0.4, -0.2) is 35.8 Å². The molecule has 15 heavy (non-hydrogen) atoms. The van der Waals surface area contributed by atoms with Gasteiger partial charge in [0.15, 0.2) is 0 Å². The number of morpholine rings is 1. The number of nitrogens with zero attached hydrogens (tertiary/aromatic N) is 3. The maximum atomic E-state index is 5.37. The van der Waals surface area contributed by atoms with E-state index in [-0.39, 0.29) is 6.10 Å². The van der Waals surface area contributed by atoms with E-state index >= 15 is 0 Å². The van der Waals surface area contributed by atoms with Crippen LogP contribution in [0.3, 0.4) is 0 Å². The zero-order valence-electron chi connectivity index (χ0n) is 8.68. The molecule has 1 fully saturated rings. The van der Waals surface area contributed by atoms with Gasteiger partial charge in [-0.05, 0) is 12.5 Å². The molecule has 0 N–H and O–H groups in total. The molecule has 4 nitrogen and oxygen atoms in total. The van der Waals surface area contributed by atoms with E-state index in [1.807, 2.05) is 24.2 Å². The largest absolute Gasteiger partial charge is 0.362 e. The quantitative estimate of drug-likeness (QED) is 0.627. The van der Waals surface area contributed by atoms with Crippen LogP contribution in [0.2, 0.25) is 0 Å². The number of hydrogen-bond donors (Lipinski definition) is 0. The molecule has 0 bridgehead atoms. The fourth-order valence-electron chi connectivity index (χ4n) is 1.48. The second kappa shape index (κ2) is 4.28. The number of aromatic nitrogens is 2. The summed E-state index contributed by atoms with van der Waals surface area (Å²) in [5, 5.41) is 0. The van der Waals surface area contributed by atoms with Crippen LogP contribution >= 0.6 is 0 Å². The van der Waals surface area contributed by atoms with E-state index in [4.69, 9.17) is 11.2 Å². The number of hydrogen-bond acceptors (Lipinski definition) is 4. The first kappa shape index (κ1) is 9.94. The highest BCUT2D eigenvalue weighted by Gasteiger charge is 2.20. The Morgan fingerprint density at radius 1 is 1.53 bits per heavy atom. The van der Waals surface area contributed by atoms with E-state index in [1.54, 1.807) is 0 Å². The van der Waals surface area contributed by atoms with E-state index in [0.717, 1.165) is 18.1 Å². The second-order valence-electron chi connectivity index (χ2n) is 3.53. The van der Waals surface area contributed by atoms with Crippen molar-refractivity contribution in [2.45, 2.75) is 13.0 Å². The van der Waals surface area contributed by atoms with Crippen LogP contribution in [0.15, 0.2) is 12.4 Å². The molecule has 0 radical (unpaired) electrons. The number of rotatable bonds is 1. The normalized spacial score (nSPS) is 21.1. The number of anilines is 1. The summed E-state index contributed by atoms with van der Waals surface area (Å²) in [6.45, 7) is 4.06. The molecule has 0 amide bonds. The highest BCUT2D eigenvalue weighted by atomic mass is 16.5. The van der Waals surface area contributed by atoms with Crippen LogP contribution in [-0.2, 0) is 4.74 Å². The summed E-state index contributed by atoms with van der Waals surface area (Å²) in [7, 11) is 0. The van der Waals surface area contributed by atoms with Gasteiger partial charge < -0.3 is 9.64 Å². The van der Waals surface area contributed by atoms with Crippen molar-refractivity contribution in [2.24, 2.45) is 0 Å². The average Bonchev–Trinajstić information content (AvgIpc) is 2.30. The lowest BCUT2D eigenvalue weighted by Crippen LogP contribution is -2.42. The Kier molecular flexibility index (Phi) is 2.84. The summed E-state index contributed by atoms with van der Waals surface area (Å²) in [4.78, 5) is 10.6. The molecule has 78 valence electrons. The first-order chi connectivity index (χ1) is 7.29. The van der Waals surface area contributed by atoms with Crippen molar-refractivity contribution >= 4 is 5.95 Å². The summed E-state index contributed by atoms with van der Waals surface area (Å²) in [5.74, 6) is 3.32. The standard InChI is InChI=1S/C11H13N3O/c1-3-10-8-14(4-5-15-10)11-12-6-9(2)7-13-11/h1,6-7,10H,4-5,8H2,2H3/t10-/m0/s1. The van der Waals surface area contributed by atoms with E-state index in [9.17, 15) is 0 Å². The highest BCUT2D eigenvalue weighted by Crippen LogP contribution is 2.11. The minimum atomic E-state index is -0.149. The predicted molar refractivity (Wildman–Crippen MR) is 57.6 cm³/mol. The van der Waals surface area contributed by atoms with Gasteiger partial charge in [0, 0.05) is 18.9 Å². The van der Waals surface area contributed by atoms with E-state index in [0.29, 0.717) is 13.2 Å². The molecular weight excluding hydrogens is 190 g/mol. The Morgan fingerprint density at radius 2 is 2.27 bits per heavy atom. The molecule has 4 heteroatoms. The van der Waals surface area contributed by atoms with Gasteiger partial charge in [-0.1, -0.05) is 5.92 Å². The van der Waals surface area contributed by atoms with Crippen molar-refractivity contribution in [3.05, 3.63) is 18.0 Å². The predicted octanol–water partition coefficient (Wildman–Crippen LogP) is 0.623. The molecule has 1 aromatic heterocycles. The Bertz CT molecular complexity index is 368. The third-order valence-electron chi connectivity index (χ3n) is 2.30. The molecule has 0 unspecified atom stereocenters. The number of aryl methyl sites for hydroxylation is 1. The molecule has 1 aliphatic heterocycles. The molecule has 1 aromatic rings. The van der Waals surface area contributed by atoms with Gasteiger partial charge in [0.25, 0.3) is 0 Å². The maximum Gasteiger partial charge on any atom is 0.225 e. The number of ether oxygens (including phenoxy) is 1. The lowest BCUT2D eigenvalue weighted by atomic mass is 10.3. The van der Waals surface area contributed by atoms with E-state index in [2.05, 4.69) is 15.9 Å². The topological polar surface area (TPSA) is 38.2 Å². The Morgan fingerprint density at radius 3 is 2.93 bits per heavy atom. The molecule has 0 spiro atoms. The fraction of sp³-hybridized carbons (Fsp3) is 0.455. The van der Waals surface area contributed by atoms with Gasteiger partial charge in [-0.3, -0.25) is 0 Å². The first-order valence-electron chi connectivity index (χ1n) is 4.91. The van der Waals surface area contributed by atoms with Gasteiger partial charge in [0.05, 0.1) is 13.2 Å². The van der Waals surface area contributed by atoms with Crippen molar-refractivity contribution in [1.29, 1.82) is 0 Å². The summed E-state index contributed by atoms with van der Waals surface area (Å²) in [5.41, 5.74) is 1.06. The van der Waals surface area contributed by atoms with Crippen LogP contribution in [0.25, 0.3) is 0 Å². The van der Waals surface area contributed by atoms with Crippen LogP contribution in [0.1, 0.15) is 5.56 Å². The van der Waals surface area contributed by atoms with Gasteiger partial charge in [-0.25, -0.2) is 9.97 Å². The van der Waals surface area contributed by atoms with Gasteiger partial charge >= 0.3 is 0 Å². The monoisotopic (exact) mass is 203 g/mol. The van der Waals surface area contributed by atoms with Gasteiger partial charge in [-0.2, -0.15) is 0 Å². The summed E-state index contributed by atoms with van der Waals surface area (Å²) < 4.78 is 5.37. The zero-order valence-corrected chi connectivity index (χ0v) is 8.68. The molecule has 0 aromatic carbocycles. The van der Waals surface area contributed by atoms with Gasteiger partial charge in [-0.15, -0.1) is 6.42 Å². The van der Waals surface area contributed by atoms with Crippen LogP contribution < -0.4 is 4.90 Å². The Labute approximate surface area is 89.3 Å². The second-order valence-corrected chi connectivity index (χ2v) is 3.53. The lowest BCUT2D eigenvalue weighted by molar-refractivity contribution is 0.0772. The third kappa shape index (κ3) is 2.25. The lowest BCUT2D eigenvalue weighted by Gasteiger charge is -2.30. The van der Waals surface area contributed by atoms with Crippen LogP contribution in [0.5, 0.6) is 0 Å². The molecule has 0 saturated carbocycles. The summed E-state index contributed by atoms with van der Waals surface area (Å²) in [6, 6.07) is 0. The van der Waals surface area contributed by atoms with Crippen LogP contribution in [0, 0.1) is 19.3 Å². The van der Waals surface area contributed by atoms with E-state index in [1.165, 1.54) is 0 Å². The zero-order chi connectivity index (χ0) is 10.7. The number of terminal acetylenes is 1. The molecule has 2 heterocycles. The van der Waals surface area contributed by atoms with Gasteiger partial charge in [0.2, 0.25) is 5.95 Å². The minimum absolute atomic E-state index is 0.149.